The second-order valence-corrected chi connectivity index (χ2v) is 11.4. The number of carbonyl (C=O) groups is 4. The Kier molecular flexibility index (Phi) is 5.02. The fourth-order valence-corrected chi connectivity index (χ4v) is 7.76. The Morgan fingerprint density at radius 1 is 1.15 bits per heavy atom. The van der Waals surface area contributed by atoms with E-state index in [0.717, 1.165) is 29.6 Å². The van der Waals surface area contributed by atoms with Crippen molar-refractivity contribution in [2.24, 2.45) is 34.0 Å². The van der Waals surface area contributed by atoms with E-state index in [1.165, 1.54) is 7.11 Å². The molecule has 1 saturated heterocycles. The molecule has 1 aromatic rings. The van der Waals surface area contributed by atoms with Crippen LogP contribution < -0.4 is 0 Å². The number of rotatable bonds is 3. The number of cyclic esters (lactones) is 1. The van der Waals surface area contributed by atoms with Crippen LogP contribution in [0.2, 0.25) is 0 Å². The topological polar surface area (TPSA) is 99.9 Å². The van der Waals surface area contributed by atoms with Crippen molar-refractivity contribution >= 4 is 23.5 Å². The third-order valence-electron chi connectivity index (χ3n) is 9.59. The second-order valence-electron chi connectivity index (χ2n) is 11.4. The van der Waals surface area contributed by atoms with Crippen LogP contribution in [0.15, 0.2) is 34.2 Å². The molecule has 2 heterocycles. The minimum Gasteiger partial charge on any atom is -0.472 e. The summed E-state index contributed by atoms with van der Waals surface area (Å²) in [6.45, 7) is 7.77. The average molecular weight is 469 g/mol. The predicted octanol–water partition coefficient (Wildman–Crippen LogP) is 4.36. The SMILES string of the molecule is COC(=O)C[C@H]1C(C)(C)C(=O)[C@@H]2CC3=C4CC(=O)O[C@@H](c5ccoc5)[C@@]4(C)CC[C@H]3[C@]1(C)C2=O. The number of hydrogen-bond donors (Lipinski definition) is 0. The summed E-state index contributed by atoms with van der Waals surface area (Å²) in [7, 11) is 1.33. The van der Waals surface area contributed by atoms with Gasteiger partial charge >= 0.3 is 11.9 Å². The molecule has 2 saturated carbocycles. The molecule has 0 unspecified atom stereocenters. The standard InChI is InChI=1S/C27H32O7/c1-25(2)19(12-20(28)32-5)27(4)17-6-8-26(3)18(15(17)10-16(22(25)30)23(27)31)11-21(29)34-24(26)14-7-9-33-13-14/h7,9,13,16-17,19,24H,6,8,10-12H2,1-5H3/t16-,17+,19-,24-,26-,27-/m0/s1. The Balaban J connectivity index is 1.68. The van der Waals surface area contributed by atoms with Gasteiger partial charge in [0.05, 0.1) is 38.4 Å². The van der Waals surface area contributed by atoms with Crippen LogP contribution in [-0.4, -0.2) is 30.6 Å². The predicted molar refractivity (Wildman–Crippen MR) is 120 cm³/mol. The van der Waals surface area contributed by atoms with Gasteiger partial charge < -0.3 is 13.9 Å². The number of ether oxygens (including phenoxy) is 2. The molecular formula is C27H32O7. The first kappa shape index (κ1) is 23.1. The molecule has 5 rings (SSSR count). The molecular weight excluding hydrogens is 436 g/mol. The molecule has 6 atom stereocenters. The van der Waals surface area contributed by atoms with Crippen LogP contribution in [0.3, 0.4) is 0 Å². The number of hydrogen-bond acceptors (Lipinski definition) is 7. The first-order chi connectivity index (χ1) is 16.0. The first-order valence-corrected chi connectivity index (χ1v) is 12.1. The van der Waals surface area contributed by atoms with Gasteiger partial charge in [-0.2, -0.15) is 0 Å². The van der Waals surface area contributed by atoms with Crippen LogP contribution in [0, 0.1) is 34.0 Å². The van der Waals surface area contributed by atoms with E-state index < -0.39 is 40.2 Å². The number of carbonyl (C=O) groups excluding carboxylic acids is 4. The average Bonchev–Trinajstić information content (AvgIpc) is 3.32. The smallest absolute Gasteiger partial charge is 0.310 e. The number of Topliss-reactive ketones (excluding diaryl/α,β-unsaturated/α-hetero) is 2. The van der Waals surface area contributed by atoms with E-state index in [-0.39, 0.29) is 36.3 Å². The number of esters is 2. The summed E-state index contributed by atoms with van der Waals surface area (Å²) in [5.74, 6) is -2.26. The monoisotopic (exact) mass is 468 g/mol. The lowest BCUT2D eigenvalue weighted by Crippen LogP contribution is -2.64. The molecule has 7 heteroatoms. The van der Waals surface area contributed by atoms with Gasteiger partial charge in [0.25, 0.3) is 0 Å². The van der Waals surface area contributed by atoms with Crippen molar-refractivity contribution in [3.63, 3.8) is 0 Å². The lowest BCUT2D eigenvalue weighted by Gasteiger charge is -2.61. The Labute approximate surface area is 199 Å². The molecule has 0 spiro atoms. The highest BCUT2D eigenvalue weighted by molar-refractivity contribution is 6.11. The Morgan fingerprint density at radius 3 is 2.53 bits per heavy atom. The van der Waals surface area contributed by atoms with Crippen molar-refractivity contribution in [2.45, 2.75) is 65.9 Å². The lowest BCUT2D eigenvalue weighted by molar-refractivity contribution is -0.172. The zero-order valence-electron chi connectivity index (χ0n) is 20.4. The van der Waals surface area contributed by atoms with Crippen LogP contribution in [0.5, 0.6) is 0 Å². The first-order valence-electron chi connectivity index (χ1n) is 12.1. The van der Waals surface area contributed by atoms with E-state index >= 15 is 0 Å². The minimum absolute atomic E-state index is 0.0142. The van der Waals surface area contributed by atoms with E-state index in [1.807, 2.05) is 26.8 Å². The maximum absolute atomic E-state index is 13.8. The van der Waals surface area contributed by atoms with Gasteiger partial charge in [-0.05, 0) is 42.7 Å². The van der Waals surface area contributed by atoms with Crippen molar-refractivity contribution < 1.29 is 33.1 Å². The number of fused-ring (bicyclic) bond motifs is 5. The molecule has 0 radical (unpaired) electrons. The number of methoxy groups -OCH3 is 1. The Hall–Kier alpha value is -2.70. The van der Waals surface area contributed by atoms with Gasteiger partial charge in [-0.15, -0.1) is 0 Å². The van der Waals surface area contributed by atoms with Gasteiger partial charge in [-0.3, -0.25) is 19.2 Å². The fourth-order valence-electron chi connectivity index (χ4n) is 7.76. The van der Waals surface area contributed by atoms with E-state index in [4.69, 9.17) is 13.9 Å². The van der Waals surface area contributed by atoms with Gasteiger partial charge in [0, 0.05) is 21.8 Å². The zero-order valence-corrected chi connectivity index (χ0v) is 20.4. The molecule has 0 amide bonds. The van der Waals surface area contributed by atoms with Crippen LogP contribution in [0.25, 0.3) is 0 Å². The molecule has 1 aliphatic heterocycles. The summed E-state index contributed by atoms with van der Waals surface area (Å²) in [5, 5.41) is 0. The summed E-state index contributed by atoms with van der Waals surface area (Å²) in [6, 6.07) is 1.82. The van der Waals surface area contributed by atoms with Gasteiger partial charge in [0.1, 0.15) is 17.7 Å². The highest BCUT2D eigenvalue weighted by Gasteiger charge is 2.67. The molecule has 0 aromatic carbocycles. The lowest BCUT2D eigenvalue weighted by atomic mass is 9.41. The molecule has 7 nitrogen and oxygen atoms in total. The van der Waals surface area contributed by atoms with Crippen molar-refractivity contribution in [3.05, 3.63) is 35.3 Å². The van der Waals surface area contributed by atoms with E-state index in [2.05, 4.69) is 6.92 Å². The van der Waals surface area contributed by atoms with E-state index in [1.54, 1.807) is 12.5 Å². The van der Waals surface area contributed by atoms with Crippen molar-refractivity contribution in [3.8, 4) is 0 Å². The van der Waals surface area contributed by atoms with Crippen LogP contribution in [0.1, 0.15) is 71.5 Å². The quantitative estimate of drug-likeness (QED) is 0.369. The largest absolute Gasteiger partial charge is 0.472 e. The van der Waals surface area contributed by atoms with Gasteiger partial charge in [-0.25, -0.2) is 0 Å². The Morgan fingerprint density at radius 2 is 1.88 bits per heavy atom. The normalized spacial score (nSPS) is 38.7. The van der Waals surface area contributed by atoms with E-state index in [9.17, 15) is 19.2 Å². The molecule has 3 aliphatic carbocycles. The molecule has 3 fully saturated rings. The summed E-state index contributed by atoms with van der Waals surface area (Å²) in [4.78, 5) is 52.6. The summed E-state index contributed by atoms with van der Waals surface area (Å²) < 4.78 is 16.1. The van der Waals surface area contributed by atoms with Crippen LogP contribution in [0.4, 0.5) is 0 Å². The minimum atomic E-state index is -0.884. The molecule has 34 heavy (non-hydrogen) atoms. The van der Waals surface area contributed by atoms with Crippen LogP contribution >= 0.6 is 0 Å². The fraction of sp³-hybridized carbons (Fsp3) is 0.630. The van der Waals surface area contributed by atoms with Gasteiger partial charge in [0.15, 0.2) is 0 Å². The van der Waals surface area contributed by atoms with Crippen molar-refractivity contribution in [1.29, 1.82) is 0 Å². The highest BCUT2D eigenvalue weighted by atomic mass is 16.5. The summed E-state index contributed by atoms with van der Waals surface area (Å²) in [6.07, 6.45) is 4.68. The number of allylic oxidation sites excluding steroid dienone is 1. The Bertz CT molecular complexity index is 1110. The van der Waals surface area contributed by atoms with Crippen LogP contribution in [-0.2, 0) is 28.7 Å². The summed E-state index contributed by atoms with van der Waals surface area (Å²) in [5.41, 5.74) is 0.703. The van der Waals surface area contributed by atoms with E-state index in [0.29, 0.717) is 6.42 Å². The summed E-state index contributed by atoms with van der Waals surface area (Å²) >= 11 is 0. The molecule has 182 valence electrons. The highest BCUT2D eigenvalue weighted by Crippen LogP contribution is 2.66. The van der Waals surface area contributed by atoms with Gasteiger partial charge in [-0.1, -0.05) is 33.3 Å². The second kappa shape index (κ2) is 7.40. The third kappa shape index (κ3) is 2.88. The maximum atomic E-state index is 13.8. The van der Waals surface area contributed by atoms with Crippen molar-refractivity contribution in [1.82, 2.24) is 0 Å². The molecule has 2 bridgehead atoms. The third-order valence-corrected chi connectivity index (χ3v) is 9.59. The number of furan rings is 1. The molecule has 4 aliphatic rings. The maximum Gasteiger partial charge on any atom is 0.310 e. The van der Waals surface area contributed by atoms with Crippen molar-refractivity contribution in [2.75, 3.05) is 7.11 Å². The molecule has 1 aromatic heterocycles. The number of ketones is 2. The van der Waals surface area contributed by atoms with Gasteiger partial charge in [0.2, 0.25) is 0 Å². The molecule has 0 N–H and O–H groups in total. The zero-order chi connectivity index (χ0) is 24.6.